The van der Waals surface area contributed by atoms with Crippen LogP contribution in [0.5, 0.6) is 5.75 Å². The van der Waals surface area contributed by atoms with Gasteiger partial charge in [0.2, 0.25) is 0 Å². The number of imidazole rings is 1. The van der Waals surface area contributed by atoms with E-state index in [0.29, 0.717) is 11.3 Å². The fraction of sp³-hybridized carbons (Fsp3) is 0.0909. The maximum Gasteiger partial charge on any atom is 0.138 e. The van der Waals surface area contributed by atoms with E-state index in [2.05, 4.69) is 21.0 Å². The van der Waals surface area contributed by atoms with Gasteiger partial charge in [-0.05, 0) is 54.4 Å². The van der Waals surface area contributed by atoms with Crippen LogP contribution in [0.25, 0.3) is 38.9 Å². The minimum Gasteiger partial charge on any atom is -0.495 e. The lowest BCUT2D eigenvalue weighted by atomic mass is 10.0. The zero-order valence-electron chi connectivity index (χ0n) is 15.4. The molecule has 0 aliphatic carbocycles. The summed E-state index contributed by atoms with van der Waals surface area (Å²) < 4.78 is 21.0. The molecule has 0 spiro atoms. The van der Waals surface area contributed by atoms with E-state index in [1.54, 1.807) is 32.6 Å². The minimum absolute atomic E-state index is 0.214. The van der Waals surface area contributed by atoms with Gasteiger partial charge in [-0.1, -0.05) is 6.07 Å². The monoisotopic (exact) mass is 372 g/mol. The Morgan fingerprint density at radius 1 is 1.07 bits per heavy atom. The van der Waals surface area contributed by atoms with Crippen LogP contribution in [0.15, 0.2) is 61.2 Å². The van der Waals surface area contributed by atoms with E-state index in [-0.39, 0.29) is 5.82 Å². The van der Waals surface area contributed by atoms with Crippen molar-refractivity contribution < 1.29 is 9.13 Å². The van der Waals surface area contributed by atoms with Crippen molar-refractivity contribution in [2.75, 3.05) is 7.11 Å². The number of fused-ring (bicyclic) bond motifs is 2. The minimum atomic E-state index is -0.214. The van der Waals surface area contributed by atoms with Gasteiger partial charge in [0.1, 0.15) is 23.5 Å². The molecule has 0 aliphatic heterocycles. The molecule has 0 bridgehead atoms. The summed E-state index contributed by atoms with van der Waals surface area (Å²) in [6.45, 7) is 1.76. The van der Waals surface area contributed by atoms with Gasteiger partial charge in [0, 0.05) is 22.8 Å². The first kappa shape index (κ1) is 16.5. The summed E-state index contributed by atoms with van der Waals surface area (Å²) in [6.07, 6.45) is 5.40. The molecule has 0 radical (unpaired) electrons. The number of aromatic nitrogens is 4. The van der Waals surface area contributed by atoms with Gasteiger partial charge in [-0.15, -0.1) is 0 Å². The standard InChI is InChI=1S/C22H17FN4O/c1-13-7-15(4-5-19(13)23)27-12-26-20-6-3-14(8-21(20)27)18-11-25-22-17(18)9-16(28-2)10-24-22/h3-12H,1-2H3,(H,24,25). The van der Waals surface area contributed by atoms with Crippen molar-refractivity contribution in [1.82, 2.24) is 19.5 Å². The molecule has 0 saturated carbocycles. The van der Waals surface area contributed by atoms with E-state index in [1.165, 1.54) is 6.07 Å². The summed E-state index contributed by atoms with van der Waals surface area (Å²) >= 11 is 0. The summed E-state index contributed by atoms with van der Waals surface area (Å²) in [6, 6.07) is 13.2. The molecule has 1 N–H and O–H groups in total. The number of H-pyrrole nitrogens is 1. The van der Waals surface area contributed by atoms with Crippen molar-refractivity contribution in [3.8, 4) is 22.6 Å². The Morgan fingerprint density at radius 2 is 1.96 bits per heavy atom. The van der Waals surface area contributed by atoms with E-state index in [1.807, 2.05) is 35.0 Å². The molecule has 3 aromatic heterocycles. The lowest BCUT2D eigenvalue weighted by Crippen LogP contribution is -1.94. The van der Waals surface area contributed by atoms with Crippen molar-refractivity contribution in [3.63, 3.8) is 0 Å². The molecular formula is C22H17FN4O. The number of pyridine rings is 1. The van der Waals surface area contributed by atoms with Crippen molar-refractivity contribution in [3.05, 3.63) is 72.6 Å². The molecule has 138 valence electrons. The van der Waals surface area contributed by atoms with E-state index >= 15 is 0 Å². The number of aromatic amines is 1. The lowest BCUT2D eigenvalue weighted by Gasteiger charge is -2.07. The number of hydrogen-bond acceptors (Lipinski definition) is 3. The molecule has 0 saturated heterocycles. The Balaban J connectivity index is 1.69. The number of nitrogens with zero attached hydrogens (tertiary/aromatic N) is 3. The highest BCUT2D eigenvalue weighted by Gasteiger charge is 2.12. The molecule has 2 aromatic carbocycles. The molecule has 0 unspecified atom stereocenters. The van der Waals surface area contributed by atoms with Gasteiger partial charge >= 0.3 is 0 Å². The van der Waals surface area contributed by atoms with E-state index in [0.717, 1.165) is 38.9 Å². The fourth-order valence-electron chi connectivity index (χ4n) is 3.49. The summed E-state index contributed by atoms with van der Waals surface area (Å²) in [5.41, 5.74) is 6.18. The van der Waals surface area contributed by atoms with Gasteiger partial charge < -0.3 is 9.72 Å². The molecular weight excluding hydrogens is 355 g/mol. The molecule has 5 aromatic rings. The van der Waals surface area contributed by atoms with Gasteiger partial charge in [0.05, 0.1) is 24.3 Å². The third kappa shape index (κ3) is 2.53. The van der Waals surface area contributed by atoms with Crippen molar-refractivity contribution in [1.29, 1.82) is 0 Å². The van der Waals surface area contributed by atoms with Crippen LogP contribution >= 0.6 is 0 Å². The number of nitrogens with one attached hydrogen (secondary N) is 1. The second-order valence-electron chi connectivity index (χ2n) is 6.73. The largest absolute Gasteiger partial charge is 0.495 e. The molecule has 3 heterocycles. The van der Waals surface area contributed by atoms with E-state index in [4.69, 9.17) is 4.74 Å². The van der Waals surface area contributed by atoms with Crippen molar-refractivity contribution in [2.24, 2.45) is 0 Å². The van der Waals surface area contributed by atoms with Gasteiger partial charge in [-0.2, -0.15) is 0 Å². The summed E-state index contributed by atoms with van der Waals surface area (Å²) in [4.78, 5) is 12.1. The normalized spacial score (nSPS) is 11.4. The van der Waals surface area contributed by atoms with Crippen LogP contribution in [-0.2, 0) is 0 Å². The first-order valence-electron chi connectivity index (χ1n) is 8.89. The Hall–Kier alpha value is -3.67. The highest BCUT2D eigenvalue weighted by molar-refractivity contribution is 5.96. The second kappa shape index (κ2) is 6.20. The lowest BCUT2D eigenvalue weighted by molar-refractivity contribution is 0.414. The quantitative estimate of drug-likeness (QED) is 0.483. The van der Waals surface area contributed by atoms with Gasteiger partial charge in [0.15, 0.2) is 0 Å². The molecule has 5 nitrogen and oxygen atoms in total. The zero-order chi connectivity index (χ0) is 19.3. The molecule has 0 amide bonds. The summed E-state index contributed by atoms with van der Waals surface area (Å²) in [7, 11) is 1.63. The van der Waals surface area contributed by atoms with Crippen molar-refractivity contribution in [2.45, 2.75) is 6.92 Å². The maximum atomic E-state index is 13.7. The first-order valence-corrected chi connectivity index (χ1v) is 8.89. The number of benzene rings is 2. The smallest absolute Gasteiger partial charge is 0.138 e. The van der Waals surface area contributed by atoms with Crippen LogP contribution in [0.3, 0.4) is 0 Å². The number of hydrogen-bond donors (Lipinski definition) is 1. The maximum absolute atomic E-state index is 13.7. The third-order valence-corrected chi connectivity index (χ3v) is 5.02. The predicted molar refractivity (Wildman–Crippen MR) is 107 cm³/mol. The van der Waals surface area contributed by atoms with Crippen LogP contribution in [0.2, 0.25) is 0 Å². The van der Waals surface area contributed by atoms with Crippen LogP contribution < -0.4 is 4.74 Å². The number of methoxy groups -OCH3 is 1. The summed E-state index contributed by atoms with van der Waals surface area (Å²) in [5, 5.41) is 0.988. The van der Waals surface area contributed by atoms with Crippen LogP contribution in [-0.4, -0.2) is 26.6 Å². The van der Waals surface area contributed by atoms with Gasteiger partial charge in [-0.3, -0.25) is 4.57 Å². The first-order chi connectivity index (χ1) is 13.6. The Kier molecular flexibility index (Phi) is 3.65. The number of rotatable bonds is 3. The number of halogens is 1. The average Bonchev–Trinajstić information content (AvgIpc) is 3.33. The fourth-order valence-corrected chi connectivity index (χ4v) is 3.49. The summed E-state index contributed by atoms with van der Waals surface area (Å²) in [5.74, 6) is 0.496. The highest BCUT2D eigenvalue weighted by Crippen LogP contribution is 2.32. The Labute approximate surface area is 160 Å². The van der Waals surface area contributed by atoms with E-state index < -0.39 is 0 Å². The van der Waals surface area contributed by atoms with Crippen molar-refractivity contribution >= 4 is 22.1 Å². The number of ether oxygens (including phenoxy) is 1. The molecule has 0 atom stereocenters. The molecule has 6 heteroatoms. The van der Waals surface area contributed by atoms with Crippen LogP contribution in [0, 0.1) is 12.7 Å². The molecule has 28 heavy (non-hydrogen) atoms. The highest BCUT2D eigenvalue weighted by atomic mass is 19.1. The molecule has 5 rings (SSSR count). The van der Waals surface area contributed by atoms with Crippen LogP contribution in [0.1, 0.15) is 5.56 Å². The van der Waals surface area contributed by atoms with E-state index in [9.17, 15) is 4.39 Å². The van der Waals surface area contributed by atoms with Crippen LogP contribution in [0.4, 0.5) is 4.39 Å². The van der Waals surface area contributed by atoms with Gasteiger partial charge in [-0.25, -0.2) is 14.4 Å². The second-order valence-corrected chi connectivity index (χ2v) is 6.73. The average molecular weight is 372 g/mol. The Bertz CT molecular complexity index is 1340. The SMILES string of the molecule is COc1cnc2[nH]cc(-c3ccc4ncn(-c5ccc(F)c(C)c5)c4c3)c2c1. The zero-order valence-corrected chi connectivity index (χ0v) is 15.4. The third-order valence-electron chi connectivity index (χ3n) is 5.02. The predicted octanol–water partition coefficient (Wildman–Crippen LogP) is 5.02. The molecule has 0 fully saturated rings. The number of aryl methyl sites for hydroxylation is 1. The Morgan fingerprint density at radius 3 is 2.79 bits per heavy atom. The topological polar surface area (TPSA) is 55.7 Å². The van der Waals surface area contributed by atoms with Gasteiger partial charge in [0.25, 0.3) is 0 Å². The molecule has 0 aliphatic rings.